The lowest BCUT2D eigenvalue weighted by Crippen LogP contribution is -2.01. The minimum Gasteiger partial charge on any atom is -0.360 e. The zero-order valence-corrected chi connectivity index (χ0v) is 13.9. The van der Waals surface area contributed by atoms with Gasteiger partial charge in [-0.15, -0.1) is 0 Å². The van der Waals surface area contributed by atoms with Gasteiger partial charge in [-0.25, -0.2) is 4.98 Å². The van der Waals surface area contributed by atoms with Crippen molar-refractivity contribution in [2.24, 2.45) is 5.73 Å². The van der Waals surface area contributed by atoms with E-state index in [4.69, 9.17) is 5.73 Å². The molecule has 1 amide bonds. The second-order valence-electron chi connectivity index (χ2n) is 5.39. The Kier molecular flexibility index (Phi) is 5.28. The predicted octanol–water partition coefficient (Wildman–Crippen LogP) is 3.82. The third kappa shape index (κ3) is 4.45. The molecule has 0 fully saturated rings. The summed E-state index contributed by atoms with van der Waals surface area (Å²) in [6, 6.07) is 17.9. The Labute approximate surface area is 144 Å². The number of nitrogens with zero attached hydrogens (tertiary/aromatic N) is 2. The lowest BCUT2D eigenvalue weighted by Gasteiger charge is -2.00. The molecular formula is C18H18N4OS. The van der Waals surface area contributed by atoms with E-state index >= 15 is 0 Å². The minimum atomic E-state index is -0.427. The van der Waals surface area contributed by atoms with Crippen molar-refractivity contribution >= 4 is 17.0 Å². The van der Waals surface area contributed by atoms with Crippen LogP contribution in [0.3, 0.4) is 0 Å². The Morgan fingerprint density at radius 3 is 2.71 bits per heavy atom. The number of aryl methyl sites for hydroxylation is 2. The molecule has 6 heteroatoms. The maximum absolute atomic E-state index is 11.0. The first kappa shape index (κ1) is 16.3. The van der Waals surface area contributed by atoms with Crippen molar-refractivity contribution in [3.05, 3.63) is 66.0 Å². The SMILES string of the molecule is NC(=O)Sc1cccc(-c2n[nH]c(CCCc3ccccc3)n2)c1. The van der Waals surface area contributed by atoms with Crippen LogP contribution < -0.4 is 5.73 Å². The molecule has 3 rings (SSSR count). The molecule has 0 aliphatic heterocycles. The van der Waals surface area contributed by atoms with E-state index < -0.39 is 5.24 Å². The van der Waals surface area contributed by atoms with Gasteiger partial charge in [-0.3, -0.25) is 9.89 Å². The Bertz CT molecular complexity index is 817. The maximum Gasteiger partial charge on any atom is 0.281 e. The van der Waals surface area contributed by atoms with E-state index in [0.717, 1.165) is 47.3 Å². The number of rotatable bonds is 6. The third-order valence-corrected chi connectivity index (χ3v) is 4.26. The summed E-state index contributed by atoms with van der Waals surface area (Å²) in [5, 5.41) is 6.83. The van der Waals surface area contributed by atoms with Gasteiger partial charge in [-0.05, 0) is 42.3 Å². The number of nitrogens with two attached hydrogens (primary N) is 1. The molecule has 0 aliphatic rings. The summed E-state index contributed by atoms with van der Waals surface area (Å²) in [7, 11) is 0. The van der Waals surface area contributed by atoms with Gasteiger partial charge in [0, 0.05) is 16.9 Å². The van der Waals surface area contributed by atoms with Gasteiger partial charge < -0.3 is 5.73 Å². The number of carbonyl (C=O) groups is 1. The molecule has 0 saturated heterocycles. The number of aromatic amines is 1. The molecule has 1 heterocycles. The van der Waals surface area contributed by atoms with Crippen LogP contribution >= 0.6 is 11.8 Å². The van der Waals surface area contributed by atoms with Crippen LogP contribution in [-0.2, 0) is 12.8 Å². The number of H-pyrrole nitrogens is 1. The number of nitrogens with one attached hydrogen (secondary N) is 1. The average molecular weight is 338 g/mol. The molecule has 3 N–H and O–H groups in total. The van der Waals surface area contributed by atoms with Crippen LogP contribution in [-0.4, -0.2) is 20.4 Å². The Hall–Kier alpha value is -2.60. The summed E-state index contributed by atoms with van der Waals surface area (Å²) in [5.74, 6) is 1.51. The number of primary amides is 1. The highest BCUT2D eigenvalue weighted by Gasteiger charge is 2.08. The Morgan fingerprint density at radius 2 is 1.92 bits per heavy atom. The maximum atomic E-state index is 11.0. The van der Waals surface area contributed by atoms with Crippen molar-refractivity contribution in [3.63, 3.8) is 0 Å². The van der Waals surface area contributed by atoms with E-state index in [9.17, 15) is 4.79 Å². The molecule has 0 unspecified atom stereocenters. The van der Waals surface area contributed by atoms with Crippen molar-refractivity contribution in [2.45, 2.75) is 24.2 Å². The Balaban J connectivity index is 1.62. The monoisotopic (exact) mass is 338 g/mol. The molecule has 1 aromatic heterocycles. The van der Waals surface area contributed by atoms with Gasteiger partial charge in [0.25, 0.3) is 5.24 Å². The van der Waals surface area contributed by atoms with E-state index in [1.807, 2.05) is 30.3 Å². The number of amides is 1. The van der Waals surface area contributed by atoms with Gasteiger partial charge in [-0.2, -0.15) is 5.10 Å². The van der Waals surface area contributed by atoms with Crippen molar-refractivity contribution < 1.29 is 4.79 Å². The molecule has 122 valence electrons. The number of hydrogen-bond acceptors (Lipinski definition) is 4. The van der Waals surface area contributed by atoms with E-state index in [-0.39, 0.29) is 0 Å². The van der Waals surface area contributed by atoms with Gasteiger partial charge in [0.2, 0.25) is 0 Å². The van der Waals surface area contributed by atoms with Crippen LogP contribution in [0.2, 0.25) is 0 Å². The van der Waals surface area contributed by atoms with Crippen LogP contribution in [0, 0.1) is 0 Å². The zero-order valence-electron chi connectivity index (χ0n) is 13.1. The fraction of sp³-hybridized carbons (Fsp3) is 0.167. The molecule has 5 nitrogen and oxygen atoms in total. The van der Waals surface area contributed by atoms with Gasteiger partial charge >= 0.3 is 0 Å². The molecule has 0 bridgehead atoms. The van der Waals surface area contributed by atoms with Crippen LogP contribution in [0.4, 0.5) is 4.79 Å². The van der Waals surface area contributed by atoms with Crippen molar-refractivity contribution in [1.29, 1.82) is 0 Å². The second kappa shape index (κ2) is 7.79. The average Bonchev–Trinajstić information content (AvgIpc) is 3.04. The molecule has 2 aromatic carbocycles. The molecule has 3 aromatic rings. The first-order valence-electron chi connectivity index (χ1n) is 7.73. The van der Waals surface area contributed by atoms with E-state index in [1.165, 1.54) is 5.56 Å². The van der Waals surface area contributed by atoms with Gasteiger partial charge in [0.1, 0.15) is 5.82 Å². The van der Waals surface area contributed by atoms with Gasteiger partial charge in [-0.1, -0.05) is 42.5 Å². The summed E-state index contributed by atoms with van der Waals surface area (Å²) < 4.78 is 0. The van der Waals surface area contributed by atoms with Crippen molar-refractivity contribution in [3.8, 4) is 11.4 Å². The second-order valence-corrected chi connectivity index (χ2v) is 6.47. The fourth-order valence-electron chi connectivity index (χ4n) is 2.46. The van der Waals surface area contributed by atoms with Crippen LogP contribution in [0.1, 0.15) is 17.8 Å². The van der Waals surface area contributed by atoms with Crippen LogP contribution in [0.5, 0.6) is 0 Å². The molecule has 24 heavy (non-hydrogen) atoms. The first-order valence-corrected chi connectivity index (χ1v) is 8.55. The van der Waals surface area contributed by atoms with E-state index in [1.54, 1.807) is 0 Å². The summed E-state index contributed by atoms with van der Waals surface area (Å²) >= 11 is 0.999. The Morgan fingerprint density at radius 1 is 1.08 bits per heavy atom. The lowest BCUT2D eigenvalue weighted by molar-refractivity contribution is 0.267. The molecular weight excluding hydrogens is 320 g/mol. The molecule has 0 aliphatic carbocycles. The van der Waals surface area contributed by atoms with Crippen molar-refractivity contribution in [2.75, 3.05) is 0 Å². The summed E-state index contributed by atoms with van der Waals surface area (Å²) in [6.45, 7) is 0. The van der Waals surface area contributed by atoms with Crippen LogP contribution in [0.15, 0.2) is 59.5 Å². The molecule has 0 spiro atoms. The minimum absolute atomic E-state index is 0.427. The zero-order chi connectivity index (χ0) is 16.8. The highest BCUT2D eigenvalue weighted by atomic mass is 32.2. The first-order chi connectivity index (χ1) is 11.7. The molecule has 0 saturated carbocycles. The summed E-state index contributed by atoms with van der Waals surface area (Å²) in [6.07, 6.45) is 2.87. The smallest absolute Gasteiger partial charge is 0.281 e. The number of benzene rings is 2. The quantitative estimate of drug-likeness (QED) is 0.669. The number of hydrogen-bond donors (Lipinski definition) is 2. The van der Waals surface area contributed by atoms with Gasteiger partial charge in [0.05, 0.1) is 0 Å². The normalized spacial score (nSPS) is 10.7. The highest BCUT2D eigenvalue weighted by Crippen LogP contribution is 2.23. The number of carbonyl (C=O) groups excluding carboxylic acids is 1. The third-order valence-electron chi connectivity index (χ3n) is 3.56. The molecule has 0 radical (unpaired) electrons. The van der Waals surface area contributed by atoms with E-state index in [0.29, 0.717) is 5.82 Å². The van der Waals surface area contributed by atoms with E-state index in [2.05, 4.69) is 39.4 Å². The van der Waals surface area contributed by atoms with Crippen LogP contribution in [0.25, 0.3) is 11.4 Å². The topological polar surface area (TPSA) is 84.7 Å². The summed E-state index contributed by atoms with van der Waals surface area (Å²) in [4.78, 5) is 16.3. The highest BCUT2D eigenvalue weighted by molar-refractivity contribution is 8.13. The lowest BCUT2D eigenvalue weighted by atomic mass is 10.1. The summed E-state index contributed by atoms with van der Waals surface area (Å²) in [5.41, 5.74) is 7.40. The molecule has 0 atom stereocenters. The number of aromatic nitrogens is 3. The fourth-order valence-corrected chi connectivity index (χ4v) is 3.02. The number of thioether (sulfide) groups is 1. The largest absolute Gasteiger partial charge is 0.360 e. The van der Waals surface area contributed by atoms with Crippen molar-refractivity contribution in [1.82, 2.24) is 15.2 Å². The predicted molar refractivity (Wildman–Crippen MR) is 95.7 cm³/mol. The van der Waals surface area contributed by atoms with Gasteiger partial charge in [0.15, 0.2) is 5.82 Å². The standard InChI is InChI=1S/C18H18N4OS/c19-18(23)24-15-10-5-9-14(12-15)17-20-16(21-22-17)11-4-8-13-6-2-1-3-7-13/h1-3,5-7,9-10,12H,4,8,11H2,(H2,19,23)(H,20,21,22).